The molecule has 6 bridgehead atoms. The van der Waals surface area contributed by atoms with E-state index in [-0.39, 0.29) is 30.6 Å². The van der Waals surface area contributed by atoms with Crippen molar-refractivity contribution in [1.82, 2.24) is 14.9 Å². The molecule has 3 aliphatic heterocycles. The molecule has 7 unspecified atom stereocenters. The summed E-state index contributed by atoms with van der Waals surface area (Å²) in [6.45, 7) is 2.23. The highest BCUT2D eigenvalue weighted by Crippen LogP contribution is 2.56. The van der Waals surface area contributed by atoms with Crippen molar-refractivity contribution >= 4 is 21.6 Å². The molecule has 7 fully saturated rings. The van der Waals surface area contributed by atoms with Crippen molar-refractivity contribution in [3.8, 4) is 5.75 Å². The molecule has 1 amide bonds. The number of fused-ring (bicyclic) bond motifs is 2. The first kappa shape index (κ1) is 27.9. The molecule has 1 aromatic rings. The topological polar surface area (TPSA) is 131 Å². The number of ether oxygens (including phenoxy) is 1. The molecule has 226 valence electrons. The van der Waals surface area contributed by atoms with Gasteiger partial charge in [-0.2, -0.15) is 4.31 Å². The number of anilines is 1. The van der Waals surface area contributed by atoms with E-state index in [1.807, 2.05) is 24.3 Å². The Morgan fingerprint density at radius 1 is 1.02 bits per heavy atom. The van der Waals surface area contributed by atoms with Gasteiger partial charge >= 0.3 is 0 Å². The number of carbonyl (C=O) groups excluding carboxylic acids is 1. The lowest BCUT2D eigenvalue weighted by Gasteiger charge is -2.58. The van der Waals surface area contributed by atoms with Gasteiger partial charge in [0.2, 0.25) is 15.9 Å². The summed E-state index contributed by atoms with van der Waals surface area (Å²) < 4.78 is 31.3. The van der Waals surface area contributed by atoms with Gasteiger partial charge in [0, 0.05) is 50.0 Å². The van der Waals surface area contributed by atoms with Crippen LogP contribution in [0, 0.1) is 23.7 Å². The zero-order valence-corrected chi connectivity index (χ0v) is 24.7. The third kappa shape index (κ3) is 5.26. The molecule has 3 saturated heterocycles. The van der Waals surface area contributed by atoms with Gasteiger partial charge in [-0.25, -0.2) is 8.42 Å². The summed E-state index contributed by atoms with van der Waals surface area (Å²) in [5.41, 5.74) is -0.815. The van der Waals surface area contributed by atoms with E-state index in [1.165, 1.54) is 10.6 Å². The molecule has 10 nitrogen and oxygen atoms in total. The smallest absolute Gasteiger partial charge is 0.227 e. The standard InChI is InChI=1S/C30H44N4O6S/c1-41(38,39)34-10-8-33(9-11-34)23-3-5-24(6-4-23)40-18-30(37)17-22-2-7-25(31-22)26(30)28(35)32-27-20-12-19-13-21(27)16-29(36,14-19)15-20/h3-6,19-22,25-27,31,36-37H,2,7-18H2,1H3,(H,32,35)/t19?,20-,21+,22?,25?,26?,27?,29?,30?. The summed E-state index contributed by atoms with van der Waals surface area (Å²) in [5, 5.41) is 29.9. The van der Waals surface area contributed by atoms with Gasteiger partial charge in [0.25, 0.3) is 0 Å². The van der Waals surface area contributed by atoms with Crippen LogP contribution in [0.1, 0.15) is 51.4 Å². The van der Waals surface area contributed by atoms with Crippen LogP contribution in [0.2, 0.25) is 0 Å². The molecule has 4 saturated carbocycles. The highest BCUT2D eigenvalue weighted by molar-refractivity contribution is 7.88. The normalized spacial score (nSPS) is 41.9. The minimum atomic E-state index is -3.17. The Morgan fingerprint density at radius 3 is 2.34 bits per heavy atom. The van der Waals surface area contributed by atoms with Gasteiger partial charge in [-0.15, -0.1) is 0 Å². The van der Waals surface area contributed by atoms with Crippen molar-refractivity contribution in [2.24, 2.45) is 23.7 Å². The number of benzene rings is 1. The minimum absolute atomic E-state index is 0.0471. The predicted octanol–water partition coefficient (Wildman–Crippen LogP) is 1.07. The molecule has 0 aromatic heterocycles. The first-order valence-electron chi connectivity index (χ1n) is 15.4. The molecule has 8 rings (SSSR count). The number of piperidine rings is 1. The van der Waals surface area contributed by atoms with Crippen molar-refractivity contribution < 1.29 is 28.2 Å². The van der Waals surface area contributed by atoms with Gasteiger partial charge in [-0.3, -0.25) is 4.79 Å². The summed E-state index contributed by atoms with van der Waals surface area (Å²) in [7, 11) is -3.17. The zero-order chi connectivity index (χ0) is 28.6. The van der Waals surface area contributed by atoms with Gasteiger partial charge in [0.1, 0.15) is 18.0 Å². The highest BCUT2D eigenvalue weighted by Gasteiger charge is 2.58. The second kappa shape index (κ2) is 10.1. The van der Waals surface area contributed by atoms with E-state index in [4.69, 9.17) is 4.74 Å². The van der Waals surface area contributed by atoms with Gasteiger partial charge in [0.05, 0.1) is 17.8 Å². The third-order valence-corrected chi connectivity index (χ3v) is 12.4. The fraction of sp³-hybridized carbons (Fsp3) is 0.767. The highest BCUT2D eigenvalue weighted by atomic mass is 32.2. The molecule has 0 spiro atoms. The first-order chi connectivity index (χ1) is 19.5. The number of carbonyl (C=O) groups is 1. The number of hydrogen-bond donors (Lipinski definition) is 4. The zero-order valence-electron chi connectivity index (χ0n) is 23.9. The van der Waals surface area contributed by atoms with Crippen molar-refractivity contribution in [2.45, 2.75) is 80.7 Å². The number of nitrogens with zero attached hydrogens (tertiary/aromatic N) is 2. The molecular formula is C30H44N4O6S. The second-order valence-corrected chi connectivity index (χ2v) is 16.0. The van der Waals surface area contributed by atoms with Crippen LogP contribution < -0.4 is 20.3 Å². The van der Waals surface area contributed by atoms with Gasteiger partial charge in [-0.05, 0) is 93.4 Å². The summed E-state index contributed by atoms with van der Waals surface area (Å²) in [6, 6.07) is 7.88. The Morgan fingerprint density at radius 2 is 1.71 bits per heavy atom. The molecule has 4 N–H and O–H groups in total. The molecule has 4 aliphatic carbocycles. The number of piperazine rings is 1. The quantitative estimate of drug-likeness (QED) is 0.372. The van der Waals surface area contributed by atoms with Crippen molar-refractivity contribution in [3.05, 3.63) is 24.3 Å². The summed E-state index contributed by atoms with van der Waals surface area (Å²) >= 11 is 0. The van der Waals surface area contributed by atoms with Crippen LogP contribution in [0.25, 0.3) is 0 Å². The van der Waals surface area contributed by atoms with E-state index < -0.39 is 27.1 Å². The number of nitrogens with one attached hydrogen (secondary N) is 2. The van der Waals surface area contributed by atoms with E-state index >= 15 is 0 Å². The van der Waals surface area contributed by atoms with Crippen molar-refractivity contribution in [1.29, 1.82) is 0 Å². The fourth-order valence-electron chi connectivity index (χ4n) is 9.49. The lowest BCUT2D eigenvalue weighted by Crippen LogP contribution is -2.67. The van der Waals surface area contributed by atoms with Crippen LogP contribution in [-0.2, 0) is 14.8 Å². The number of hydrogen-bond acceptors (Lipinski definition) is 8. The maximum absolute atomic E-state index is 13.9. The Kier molecular flexibility index (Phi) is 6.85. The van der Waals surface area contributed by atoms with Gasteiger partial charge in [0.15, 0.2) is 0 Å². The molecule has 3 heterocycles. The molecule has 41 heavy (non-hydrogen) atoms. The van der Waals surface area contributed by atoms with Crippen LogP contribution in [0.5, 0.6) is 5.75 Å². The van der Waals surface area contributed by atoms with Gasteiger partial charge in [-0.1, -0.05) is 0 Å². The Bertz CT molecular complexity index is 1250. The van der Waals surface area contributed by atoms with Crippen LogP contribution in [-0.4, -0.2) is 97.2 Å². The molecule has 9 atom stereocenters. The molecule has 1 aromatic carbocycles. The lowest BCUT2D eigenvalue weighted by molar-refractivity contribution is -0.158. The van der Waals surface area contributed by atoms with Crippen LogP contribution in [0.4, 0.5) is 5.69 Å². The number of aliphatic hydroxyl groups is 2. The second-order valence-electron chi connectivity index (χ2n) is 14.0. The van der Waals surface area contributed by atoms with E-state index in [0.29, 0.717) is 56.1 Å². The SMILES string of the molecule is CS(=O)(=O)N1CCN(c2ccc(OCC3(O)CC4CCC(N4)C3C(=O)NC3[C@@H]4CC5C[C@H]3CC(O)(C5)C4)cc2)CC1. The predicted molar refractivity (Wildman–Crippen MR) is 154 cm³/mol. The van der Waals surface area contributed by atoms with Crippen molar-refractivity contribution in [3.63, 3.8) is 0 Å². The van der Waals surface area contributed by atoms with E-state index in [2.05, 4.69) is 15.5 Å². The van der Waals surface area contributed by atoms with Gasteiger partial charge < -0.3 is 30.5 Å². The maximum Gasteiger partial charge on any atom is 0.227 e. The average molecular weight is 589 g/mol. The number of sulfonamides is 1. The fourth-order valence-corrected chi connectivity index (χ4v) is 10.3. The third-order valence-electron chi connectivity index (χ3n) is 11.1. The van der Waals surface area contributed by atoms with Crippen LogP contribution in [0.15, 0.2) is 24.3 Å². The molecular weight excluding hydrogens is 544 g/mol. The Labute approximate surface area is 242 Å². The Hall–Kier alpha value is -1.92. The Balaban J connectivity index is 1.00. The largest absolute Gasteiger partial charge is 0.491 e. The van der Waals surface area contributed by atoms with Crippen molar-refractivity contribution in [2.75, 3.05) is 43.9 Å². The van der Waals surface area contributed by atoms with Crippen LogP contribution in [0.3, 0.4) is 0 Å². The summed E-state index contributed by atoms with van der Waals surface area (Å²) in [4.78, 5) is 16.1. The average Bonchev–Trinajstić information content (AvgIpc) is 3.30. The maximum atomic E-state index is 13.9. The van der Waals surface area contributed by atoms with E-state index in [0.717, 1.165) is 50.6 Å². The van der Waals surface area contributed by atoms with E-state index in [9.17, 15) is 23.4 Å². The number of amides is 1. The van der Waals surface area contributed by atoms with Crippen LogP contribution >= 0.6 is 0 Å². The first-order valence-corrected chi connectivity index (χ1v) is 17.3. The lowest BCUT2D eigenvalue weighted by atomic mass is 9.52. The summed E-state index contributed by atoms with van der Waals surface area (Å²) in [6.07, 6.45) is 8.15. The number of rotatable bonds is 7. The summed E-state index contributed by atoms with van der Waals surface area (Å²) in [5.74, 6) is 1.18. The monoisotopic (exact) mass is 588 g/mol. The van der Waals surface area contributed by atoms with E-state index in [1.54, 1.807) is 0 Å². The molecule has 7 aliphatic rings. The molecule has 11 heteroatoms. The minimum Gasteiger partial charge on any atom is -0.491 e. The molecule has 0 radical (unpaired) electrons.